The summed E-state index contributed by atoms with van der Waals surface area (Å²) in [5, 5.41) is 3.24. The first-order valence-corrected chi connectivity index (χ1v) is 11.8. The van der Waals surface area contributed by atoms with E-state index in [0.717, 1.165) is 16.7 Å². The molecule has 36 heavy (non-hydrogen) atoms. The minimum absolute atomic E-state index is 0.0734. The number of hydrogen-bond donors (Lipinski definition) is 1. The van der Waals surface area contributed by atoms with E-state index in [1.165, 1.54) is 0 Å². The van der Waals surface area contributed by atoms with Crippen molar-refractivity contribution in [2.75, 3.05) is 4.90 Å². The van der Waals surface area contributed by atoms with Crippen LogP contribution in [0.2, 0.25) is 5.02 Å². The molecule has 1 N–H and O–H groups in total. The quantitative estimate of drug-likeness (QED) is 0.363. The van der Waals surface area contributed by atoms with Crippen LogP contribution in [0.3, 0.4) is 0 Å². The van der Waals surface area contributed by atoms with Crippen LogP contribution >= 0.6 is 11.6 Å². The van der Waals surface area contributed by atoms with Crippen molar-refractivity contribution < 1.29 is 14.3 Å². The smallest absolute Gasteiger partial charge is 0.409 e. The highest BCUT2D eigenvalue weighted by atomic mass is 35.5. The van der Waals surface area contributed by atoms with Gasteiger partial charge in [0.05, 0.1) is 11.4 Å². The summed E-state index contributed by atoms with van der Waals surface area (Å²) in [6.07, 6.45) is -1.96. The van der Waals surface area contributed by atoms with Crippen LogP contribution in [-0.2, 0) is 16.1 Å². The minimum atomic E-state index is -1.22. The van der Waals surface area contributed by atoms with Gasteiger partial charge in [0.2, 0.25) is 6.17 Å². The number of alkyl carbamates (subject to hydrolysis) is 1. The monoisotopic (exact) mass is 495 g/mol. The number of carbonyl (C=O) groups excluding carboxylic acids is 2. The molecule has 178 valence electrons. The number of rotatable bonds is 5. The van der Waals surface area contributed by atoms with Crippen LogP contribution in [0, 0.1) is 0 Å². The molecule has 2 amide bonds. The normalized spacial score (nSPS) is 14.9. The zero-order chi connectivity index (χ0) is 24.9. The lowest BCUT2D eigenvalue weighted by atomic mass is 10.00. The highest BCUT2D eigenvalue weighted by Crippen LogP contribution is 2.34. The van der Waals surface area contributed by atoms with E-state index >= 15 is 0 Å². The standard InChI is InChI=1S/C29H22ClN3O3/c30-22-17-15-21(16-18-22)26-24-13-7-8-14-25(24)33(23-11-5-2-6-12-23)28(34)27(31-26)32-29(35)36-19-20-9-3-1-4-10-20/h1-18,27H,19H2,(H,32,35). The molecule has 4 aromatic rings. The van der Waals surface area contributed by atoms with E-state index in [0.29, 0.717) is 22.1 Å². The average molecular weight is 496 g/mol. The summed E-state index contributed by atoms with van der Waals surface area (Å²) in [7, 11) is 0. The van der Waals surface area contributed by atoms with Crippen LogP contribution in [0.1, 0.15) is 16.7 Å². The number of fused-ring (bicyclic) bond motifs is 1. The number of carbonyl (C=O) groups is 2. The van der Waals surface area contributed by atoms with E-state index in [1.807, 2.05) is 97.1 Å². The molecule has 1 atom stereocenters. The Kier molecular flexibility index (Phi) is 6.78. The fourth-order valence-electron chi connectivity index (χ4n) is 4.02. The lowest BCUT2D eigenvalue weighted by molar-refractivity contribution is -0.119. The fourth-order valence-corrected chi connectivity index (χ4v) is 4.14. The summed E-state index contributed by atoms with van der Waals surface area (Å²) in [6.45, 7) is 0.0734. The van der Waals surface area contributed by atoms with Gasteiger partial charge >= 0.3 is 6.09 Å². The summed E-state index contributed by atoms with van der Waals surface area (Å²) in [6, 6.07) is 33.3. The van der Waals surface area contributed by atoms with Gasteiger partial charge in [-0.1, -0.05) is 90.5 Å². The lowest BCUT2D eigenvalue weighted by Gasteiger charge is -2.25. The summed E-state index contributed by atoms with van der Waals surface area (Å²) >= 11 is 6.12. The van der Waals surface area contributed by atoms with Crippen molar-refractivity contribution in [2.24, 2.45) is 4.99 Å². The van der Waals surface area contributed by atoms with Gasteiger partial charge in [0.1, 0.15) is 6.61 Å². The SMILES string of the molecule is O=C(NC1N=C(c2ccc(Cl)cc2)c2ccccc2N(c2ccccc2)C1=O)OCc1ccccc1. The Hall–Kier alpha value is -4.42. The zero-order valence-electron chi connectivity index (χ0n) is 19.2. The Balaban J connectivity index is 1.55. The molecule has 5 rings (SSSR count). The lowest BCUT2D eigenvalue weighted by Crippen LogP contribution is -2.46. The van der Waals surface area contributed by atoms with Gasteiger partial charge in [0.25, 0.3) is 5.91 Å². The van der Waals surface area contributed by atoms with Crippen molar-refractivity contribution in [3.05, 3.63) is 131 Å². The second-order valence-electron chi connectivity index (χ2n) is 8.12. The van der Waals surface area contributed by atoms with Gasteiger partial charge in [-0.15, -0.1) is 0 Å². The molecule has 0 aromatic heterocycles. The van der Waals surface area contributed by atoms with Crippen molar-refractivity contribution in [2.45, 2.75) is 12.8 Å². The van der Waals surface area contributed by atoms with Crippen LogP contribution < -0.4 is 10.2 Å². The summed E-state index contributed by atoms with van der Waals surface area (Å²) in [4.78, 5) is 32.9. The molecule has 1 aliphatic rings. The Bertz CT molecular complexity index is 1410. The van der Waals surface area contributed by atoms with Crippen LogP contribution in [0.4, 0.5) is 16.2 Å². The van der Waals surface area contributed by atoms with Gasteiger partial charge in [0.15, 0.2) is 0 Å². The number of hydrogen-bond acceptors (Lipinski definition) is 4. The van der Waals surface area contributed by atoms with Gasteiger partial charge in [-0.05, 0) is 35.9 Å². The maximum Gasteiger partial charge on any atom is 0.409 e. The van der Waals surface area contributed by atoms with Crippen LogP contribution in [0.25, 0.3) is 0 Å². The number of nitrogens with one attached hydrogen (secondary N) is 1. The molecule has 1 aliphatic heterocycles. The van der Waals surface area contributed by atoms with Crippen molar-refractivity contribution in [1.29, 1.82) is 0 Å². The molecule has 4 aromatic carbocycles. The van der Waals surface area contributed by atoms with Crippen LogP contribution in [-0.4, -0.2) is 23.9 Å². The maximum absolute atomic E-state index is 13.9. The Morgan fingerprint density at radius 3 is 2.22 bits per heavy atom. The highest BCUT2D eigenvalue weighted by Gasteiger charge is 2.34. The zero-order valence-corrected chi connectivity index (χ0v) is 19.9. The largest absolute Gasteiger partial charge is 0.445 e. The van der Waals surface area contributed by atoms with Gasteiger partial charge in [-0.25, -0.2) is 9.79 Å². The first kappa shape index (κ1) is 23.3. The number of para-hydroxylation sites is 2. The second kappa shape index (κ2) is 10.5. The van der Waals surface area contributed by atoms with Crippen molar-refractivity contribution in [1.82, 2.24) is 5.32 Å². The molecule has 0 saturated carbocycles. The topological polar surface area (TPSA) is 71.0 Å². The van der Waals surface area contributed by atoms with E-state index in [2.05, 4.69) is 5.32 Å². The number of nitrogens with zero attached hydrogens (tertiary/aromatic N) is 2. The molecule has 0 aliphatic carbocycles. The molecule has 0 saturated heterocycles. The van der Waals surface area contributed by atoms with Gasteiger partial charge < -0.3 is 4.74 Å². The first-order valence-electron chi connectivity index (χ1n) is 11.4. The Morgan fingerprint density at radius 2 is 1.50 bits per heavy atom. The minimum Gasteiger partial charge on any atom is -0.445 e. The molecular formula is C29H22ClN3O3. The Morgan fingerprint density at radius 1 is 0.861 bits per heavy atom. The number of aliphatic imine (C=N–C) groups is 1. The number of amides is 2. The van der Waals surface area contributed by atoms with E-state index in [-0.39, 0.29) is 6.61 Å². The van der Waals surface area contributed by atoms with E-state index in [1.54, 1.807) is 17.0 Å². The fraction of sp³-hybridized carbons (Fsp3) is 0.0690. The Labute approximate surface area is 213 Å². The molecule has 7 heteroatoms. The maximum atomic E-state index is 13.9. The molecule has 0 bridgehead atoms. The van der Waals surface area contributed by atoms with E-state index in [4.69, 9.17) is 21.3 Å². The van der Waals surface area contributed by atoms with Gasteiger partial charge in [-0.2, -0.15) is 0 Å². The van der Waals surface area contributed by atoms with Gasteiger partial charge in [0, 0.05) is 21.8 Å². The van der Waals surface area contributed by atoms with Crippen LogP contribution in [0.5, 0.6) is 0 Å². The van der Waals surface area contributed by atoms with Crippen molar-refractivity contribution in [3.63, 3.8) is 0 Å². The number of benzodiazepines with no additional fused rings is 1. The van der Waals surface area contributed by atoms with Crippen LogP contribution in [0.15, 0.2) is 114 Å². The summed E-state index contributed by atoms with van der Waals surface area (Å²) in [5.74, 6) is -0.408. The molecule has 0 radical (unpaired) electrons. The molecule has 0 spiro atoms. The molecular weight excluding hydrogens is 474 g/mol. The number of ether oxygens (including phenoxy) is 1. The predicted molar refractivity (Wildman–Crippen MR) is 141 cm³/mol. The molecule has 1 unspecified atom stereocenters. The summed E-state index contributed by atoms with van der Waals surface area (Å²) < 4.78 is 5.39. The first-order chi connectivity index (χ1) is 17.6. The van der Waals surface area contributed by atoms with Crippen molar-refractivity contribution >= 4 is 40.7 Å². The van der Waals surface area contributed by atoms with Crippen molar-refractivity contribution in [3.8, 4) is 0 Å². The second-order valence-corrected chi connectivity index (χ2v) is 8.56. The third kappa shape index (κ3) is 4.99. The number of halogens is 1. The highest BCUT2D eigenvalue weighted by molar-refractivity contribution is 6.31. The molecule has 6 nitrogen and oxygen atoms in total. The number of benzene rings is 4. The number of anilines is 2. The summed E-state index contributed by atoms with van der Waals surface area (Å²) in [5.41, 5.74) is 4.22. The third-order valence-electron chi connectivity index (χ3n) is 5.71. The van der Waals surface area contributed by atoms with E-state index in [9.17, 15) is 9.59 Å². The van der Waals surface area contributed by atoms with Gasteiger partial charge in [-0.3, -0.25) is 15.0 Å². The molecule has 0 fully saturated rings. The van der Waals surface area contributed by atoms with E-state index < -0.39 is 18.2 Å². The average Bonchev–Trinajstić information content (AvgIpc) is 3.03. The third-order valence-corrected chi connectivity index (χ3v) is 5.96. The predicted octanol–water partition coefficient (Wildman–Crippen LogP) is 6.11. The molecule has 1 heterocycles.